The normalized spacial score (nSPS) is 57.0. The molecule has 3 nitrogen and oxygen atoms in total. The van der Waals surface area contributed by atoms with E-state index in [1.807, 2.05) is 0 Å². The van der Waals surface area contributed by atoms with Crippen LogP contribution in [0.25, 0.3) is 0 Å². The fourth-order valence-electron chi connectivity index (χ4n) is 8.03. The summed E-state index contributed by atoms with van der Waals surface area (Å²) in [5, 5.41) is 21.3. The molecule has 0 heterocycles. The molecule has 4 saturated carbocycles. The van der Waals surface area contributed by atoms with E-state index in [4.69, 9.17) is 0 Å². The summed E-state index contributed by atoms with van der Waals surface area (Å²) in [4.78, 5) is 12.2. The first-order valence-electron chi connectivity index (χ1n) is 10.1. The first kappa shape index (κ1) is 17.0. The second kappa shape index (κ2) is 5.54. The molecule has 4 aliphatic carbocycles. The van der Waals surface area contributed by atoms with Crippen LogP contribution in [0.15, 0.2) is 0 Å². The molecule has 2 N–H and O–H groups in total. The van der Waals surface area contributed by atoms with Crippen molar-refractivity contribution in [3.8, 4) is 0 Å². The lowest BCUT2D eigenvalue weighted by Gasteiger charge is -2.62. The van der Waals surface area contributed by atoms with E-state index in [1.165, 1.54) is 12.8 Å². The minimum Gasteiger partial charge on any atom is -0.393 e. The third-order valence-corrected chi connectivity index (χ3v) is 9.06. The Hall–Kier alpha value is -0.410. The molecule has 0 amide bonds. The minimum absolute atomic E-state index is 0.00376. The molecule has 0 radical (unpaired) electrons. The predicted molar refractivity (Wildman–Crippen MR) is 93.3 cm³/mol. The second-order valence-corrected chi connectivity index (χ2v) is 10.0. The SMILES string of the molecule is CC(=O)[C@H]1CCC2C3CCC4C[C@H](O)CC[C@]4(C)C3C(O)C[C@@]21C. The molecule has 4 rings (SSSR count). The molecule has 0 saturated heterocycles. The largest absolute Gasteiger partial charge is 0.393 e. The van der Waals surface area contributed by atoms with Gasteiger partial charge in [0.25, 0.3) is 0 Å². The molecule has 3 heteroatoms. The molecule has 0 spiro atoms. The van der Waals surface area contributed by atoms with Crippen LogP contribution in [0.2, 0.25) is 0 Å². The van der Waals surface area contributed by atoms with Crippen molar-refractivity contribution in [2.24, 2.45) is 40.4 Å². The van der Waals surface area contributed by atoms with Crippen molar-refractivity contribution in [2.45, 2.75) is 84.3 Å². The average molecular weight is 335 g/mol. The van der Waals surface area contributed by atoms with Crippen LogP contribution in [-0.2, 0) is 4.79 Å². The molecular weight excluding hydrogens is 300 g/mol. The summed E-state index contributed by atoms with van der Waals surface area (Å²) in [7, 11) is 0. The average Bonchev–Trinajstić information content (AvgIpc) is 2.84. The topological polar surface area (TPSA) is 57.5 Å². The number of hydrogen-bond acceptors (Lipinski definition) is 3. The van der Waals surface area contributed by atoms with Crippen LogP contribution in [0, 0.1) is 40.4 Å². The molecule has 4 fully saturated rings. The van der Waals surface area contributed by atoms with E-state index in [0.29, 0.717) is 29.5 Å². The molecule has 0 aromatic rings. The highest BCUT2D eigenvalue weighted by molar-refractivity contribution is 5.79. The molecule has 0 bridgehead atoms. The lowest BCUT2D eigenvalue weighted by Crippen LogP contribution is -2.59. The maximum absolute atomic E-state index is 12.2. The Kier molecular flexibility index (Phi) is 3.93. The highest BCUT2D eigenvalue weighted by atomic mass is 16.3. The van der Waals surface area contributed by atoms with Gasteiger partial charge in [-0.05, 0) is 92.8 Å². The van der Waals surface area contributed by atoms with Gasteiger partial charge >= 0.3 is 0 Å². The van der Waals surface area contributed by atoms with Crippen molar-refractivity contribution < 1.29 is 15.0 Å². The molecule has 24 heavy (non-hydrogen) atoms. The molecule has 0 aliphatic heterocycles. The molecule has 9 atom stereocenters. The van der Waals surface area contributed by atoms with Crippen LogP contribution in [-0.4, -0.2) is 28.2 Å². The Morgan fingerprint density at radius 3 is 2.46 bits per heavy atom. The van der Waals surface area contributed by atoms with E-state index < -0.39 is 0 Å². The molecule has 4 aliphatic rings. The van der Waals surface area contributed by atoms with Crippen molar-refractivity contribution in [1.82, 2.24) is 0 Å². The summed E-state index contributed by atoms with van der Waals surface area (Å²) in [5.74, 6) is 2.58. The van der Waals surface area contributed by atoms with Gasteiger partial charge in [-0.1, -0.05) is 13.8 Å². The van der Waals surface area contributed by atoms with Crippen LogP contribution < -0.4 is 0 Å². The van der Waals surface area contributed by atoms with Gasteiger partial charge in [0, 0.05) is 5.92 Å². The summed E-state index contributed by atoms with van der Waals surface area (Å²) >= 11 is 0. The van der Waals surface area contributed by atoms with Crippen LogP contribution in [0.3, 0.4) is 0 Å². The summed E-state index contributed by atoms with van der Waals surface area (Å²) in [6.45, 7) is 6.43. The van der Waals surface area contributed by atoms with Gasteiger partial charge in [0.15, 0.2) is 0 Å². The fourth-order valence-corrected chi connectivity index (χ4v) is 8.03. The Bertz CT molecular complexity index is 531. The number of carbonyl (C=O) groups is 1. The summed E-state index contributed by atoms with van der Waals surface area (Å²) in [6.07, 6.45) is 7.80. The van der Waals surface area contributed by atoms with Crippen molar-refractivity contribution >= 4 is 5.78 Å². The Morgan fingerprint density at radius 2 is 1.75 bits per heavy atom. The molecule has 0 aromatic carbocycles. The quantitative estimate of drug-likeness (QED) is 0.771. The lowest BCUT2D eigenvalue weighted by atomic mass is 9.44. The van der Waals surface area contributed by atoms with Gasteiger partial charge < -0.3 is 10.2 Å². The molecule has 136 valence electrons. The number of aliphatic hydroxyl groups excluding tert-OH is 2. The van der Waals surface area contributed by atoms with E-state index in [0.717, 1.165) is 38.5 Å². The lowest BCUT2D eigenvalue weighted by molar-refractivity contribution is -0.178. The van der Waals surface area contributed by atoms with Crippen molar-refractivity contribution in [2.75, 3.05) is 0 Å². The second-order valence-electron chi connectivity index (χ2n) is 10.0. The summed E-state index contributed by atoms with van der Waals surface area (Å²) < 4.78 is 0. The standard InChI is InChI=1S/C21H34O3/c1-12(22)16-6-7-17-15-5-4-13-10-14(23)8-9-20(13,2)19(15)18(24)11-21(16,17)3/h13-19,23-24H,4-11H2,1-3H3/t13?,14-,15?,16-,17?,18?,19?,20+,21-/m1/s1. The highest BCUT2D eigenvalue weighted by Crippen LogP contribution is 2.67. The number of ketones is 1. The number of Topliss-reactive ketones (excluding diaryl/α,β-unsaturated/α-hetero) is 1. The number of rotatable bonds is 1. The van der Waals surface area contributed by atoms with Crippen molar-refractivity contribution in [1.29, 1.82) is 0 Å². The van der Waals surface area contributed by atoms with E-state index in [9.17, 15) is 15.0 Å². The predicted octanol–water partition coefficient (Wildman–Crippen LogP) is 3.57. The van der Waals surface area contributed by atoms with E-state index in [1.54, 1.807) is 6.92 Å². The zero-order valence-electron chi connectivity index (χ0n) is 15.5. The number of hydrogen-bond donors (Lipinski definition) is 2. The Labute approximate surface area is 146 Å². The number of aliphatic hydroxyl groups is 2. The monoisotopic (exact) mass is 334 g/mol. The molecule has 5 unspecified atom stereocenters. The first-order chi connectivity index (χ1) is 11.3. The van der Waals surface area contributed by atoms with Crippen LogP contribution >= 0.6 is 0 Å². The van der Waals surface area contributed by atoms with Crippen LogP contribution in [0.1, 0.15) is 72.1 Å². The fraction of sp³-hybridized carbons (Fsp3) is 0.952. The van der Waals surface area contributed by atoms with Crippen molar-refractivity contribution in [3.05, 3.63) is 0 Å². The third kappa shape index (κ3) is 2.19. The van der Waals surface area contributed by atoms with Gasteiger partial charge in [0.1, 0.15) is 5.78 Å². The van der Waals surface area contributed by atoms with Gasteiger partial charge in [-0.15, -0.1) is 0 Å². The van der Waals surface area contributed by atoms with Crippen LogP contribution in [0.5, 0.6) is 0 Å². The van der Waals surface area contributed by atoms with E-state index in [2.05, 4.69) is 13.8 Å². The zero-order valence-corrected chi connectivity index (χ0v) is 15.5. The van der Waals surface area contributed by atoms with Gasteiger partial charge in [0.05, 0.1) is 12.2 Å². The van der Waals surface area contributed by atoms with Gasteiger partial charge in [-0.25, -0.2) is 0 Å². The van der Waals surface area contributed by atoms with Gasteiger partial charge in [-0.2, -0.15) is 0 Å². The van der Waals surface area contributed by atoms with Crippen LogP contribution in [0.4, 0.5) is 0 Å². The summed E-state index contributed by atoms with van der Waals surface area (Å²) in [5.41, 5.74) is 0.182. The van der Waals surface area contributed by atoms with E-state index >= 15 is 0 Å². The Morgan fingerprint density at radius 1 is 1.00 bits per heavy atom. The van der Waals surface area contributed by atoms with Gasteiger partial charge in [0.2, 0.25) is 0 Å². The van der Waals surface area contributed by atoms with Gasteiger partial charge in [-0.3, -0.25) is 4.79 Å². The smallest absolute Gasteiger partial charge is 0.133 e. The number of carbonyl (C=O) groups excluding carboxylic acids is 1. The minimum atomic E-state index is -0.278. The maximum atomic E-state index is 12.2. The van der Waals surface area contributed by atoms with Crippen molar-refractivity contribution in [3.63, 3.8) is 0 Å². The highest BCUT2D eigenvalue weighted by Gasteiger charge is 2.63. The summed E-state index contributed by atoms with van der Waals surface area (Å²) in [6, 6.07) is 0. The first-order valence-corrected chi connectivity index (χ1v) is 10.1. The number of fused-ring (bicyclic) bond motifs is 5. The third-order valence-electron chi connectivity index (χ3n) is 9.06. The Balaban J connectivity index is 1.67. The molecule has 0 aromatic heterocycles. The maximum Gasteiger partial charge on any atom is 0.133 e. The zero-order chi connectivity index (χ0) is 17.3. The van der Waals surface area contributed by atoms with E-state index in [-0.39, 0.29) is 29.0 Å². The molecular formula is C21H34O3.